The van der Waals surface area contributed by atoms with Gasteiger partial charge in [0.25, 0.3) is 0 Å². The number of rotatable bonds is 5. The zero-order valence-corrected chi connectivity index (χ0v) is 12.8. The molecule has 1 aromatic heterocycles. The van der Waals surface area contributed by atoms with E-state index in [0.29, 0.717) is 11.7 Å². The molecule has 2 rings (SSSR count). The van der Waals surface area contributed by atoms with Crippen molar-refractivity contribution in [3.63, 3.8) is 0 Å². The van der Waals surface area contributed by atoms with Gasteiger partial charge in [0.15, 0.2) is 5.16 Å². The summed E-state index contributed by atoms with van der Waals surface area (Å²) in [6, 6.07) is 6.36. The molecule has 3 N–H and O–H groups in total. The van der Waals surface area contributed by atoms with Crippen LogP contribution in [0.3, 0.4) is 0 Å². The number of aryl methyl sites for hydroxylation is 1. The van der Waals surface area contributed by atoms with E-state index in [9.17, 15) is 4.79 Å². The maximum Gasteiger partial charge on any atom is 0.344 e. The minimum absolute atomic E-state index is 0.0839. The number of H-pyrrole nitrogens is 1. The molecule has 0 aliphatic rings. The highest BCUT2D eigenvalue weighted by Crippen LogP contribution is 2.29. The molecule has 108 valence electrons. The van der Waals surface area contributed by atoms with E-state index in [1.54, 1.807) is 4.57 Å². The Labute approximate surface area is 122 Å². The van der Waals surface area contributed by atoms with Crippen molar-refractivity contribution in [2.45, 2.75) is 43.3 Å². The number of aromatic nitrogens is 3. The summed E-state index contributed by atoms with van der Waals surface area (Å²) < 4.78 is 1.66. The number of nitrogens with two attached hydrogens (primary N) is 1. The molecule has 0 aliphatic carbocycles. The van der Waals surface area contributed by atoms with E-state index in [1.165, 1.54) is 22.9 Å². The molecule has 0 spiro atoms. The zero-order chi connectivity index (χ0) is 14.7. The van der Waals surface area contributed by atoms with Gasteiger partial charge in [-0.1, -0.05) is 12.1 Å². The Balaban J connectivity index is 2.29. The Morgan fingerprint density at radius 3 is 2.80 bits per heavy atom. The molecule has 0 amide bonds. The minimum Gasteiger partial charge on any atom is -0.330 e. The van der Waals surface area contributed by atoms with Gasteiger partial charge in [-0.3, -0.25) is 4.57 Å². The van der Waals surface area contributed by atoms with Gasteiger partial charge in [-0.15, -0.1) is 5.10 Å². The van der Waals surface area contributed by atoms with Crippen LogP contribution in [0.2, 0.25) is 0 Å². The van der Waals surface area contributed by atoms with Crippen LogP contribution in [0.5, 0.6) is 0 Å². The van der Waals surface area contributed by atoms with E-state index >= 15 is 0 Å². The summed E-state index contributed by atoms with van der Waals surface area (Å²) in [6.45, 7) is 6.65. The minimum atomic E-state index is -0.167. The fourth-order valence-corrected chi connectivity index (χ4v) is 3.10. The first-order valence-corrected chi connectivity index (χ1v) is 7.49. The van der Waals surface area contributed by atoms with Crippen molar-refractivity contribution in [1.82, 2.24) is 14.8 Å². The van der Waals surface area contributed by atoms with Crippen LogP contribution in [0.4, 0.5) is 0 Å². The molecule has 1 aromatic carbocycles. The molecule has 0 fully saturated rings. The highest BCUT2D eigenvalue weighted by molar-refractivity contribution is 7.99. The molecule has 0 atom stereocenters. The Morgan fingerprint density at radius 1 is 1.45 bits per heavy atom. The summed E-state index contributed by atoms with van der Waals surface area (Å²) in [7, 11) is 0. The van der Waals surface area contributed by atoms with Gasteiger partial charge in [-0.25, -0.2) is 9.89 Å². The highest BCUT2D eigenvalue weighted by Gasteiger charge is 2.13. The van der Waals surface area contributed by atoms with Gasteiger partial charge in [0.05, 0.1) is 0 Å². The molecule has 1 heterocycles. The lowest BCUT2D eigenvalue weighted by Gasteiger charge is -2.10. The standard InChI is InChI=1S/C14H20N4OS/c1-9(2)18-13(19)16-17-14(18)20-12-5-4-11(6-7-15)8-10(12)3/h4-5,8-9H,6-7,15H2,1-3H3,(H,16,19). The van der Waals surface area contributed by atoms with Gasteiger partial charge in [0.2, 0.25) is 0 Å². The summed E-state index contributed by atoms with van der Waals surface area (Å²) in [5, 5.41) is 7.30. The molecule has 5 nitrogen and oxygen atoms in total. The Bertz CT molecular complexity index is 645. The molecule has 0 bridgehead atoms. The average molecular weight is 292 g/mol. The Morgan fingerprint density at radius 2 is 2.20 bits per heavy atom. The summed E-state index contributed by atoms with van der Waals surface area (Å²) in [5.41, 5.74) is 7.81. The predicted molar refractivity (Wildman–Crippen MR) is 81.3 cm³/mol. The van der Waals surface area contributed by atoms with E-state index in [4.69, 9.17) is 5.73 Å². The molecular weight excluding hydrogens is 272 g/mol. The number of benzene rings is 1. The van der Waals surface area contributed by atoms with E-state index < -0.39 is 0 Å². The van der Waals surface area contributed by atoms with Crippen molar-refractivity contribution in [3.05, 3.63) is 39.8 Å². The first-order valence-electron chi connectivity index (χ1n) is 6.67. The topological polar surface area (TPSA) is 76.7 Å². The van der Waals surface area contributed by atoms with Crippen molar-refractivity contribution in [3.8, 4) is 0 Å². The first kappa shape index (κ1) is 14.9. The lowest BCUT2D eigenvalue weighted by atomic mass is 10.1. The normalized spacial score (nSPS) is 11.2. The summed E-state index contributed by atoms with van der Waals surface area (Å²) in [6.07, 6.45) is 0.880. The van der Waals surface area contributed by atoms with Crippen LogP contribution in [-0.4, -0.2) is 21.3 Å². The maximum atomic E-state index is 11.7. The summed E-state index contributed by atoms with van der Waals surface area (Å²) in [5.74, 6) is 0. The lowest BCUT2D eigenvalue weighted by Crippen LogP contribution is -2.19. The van der Waals surface area contributed by atoms with Crippen LogP contribution in [-0.2, 0) is 6.42 Å². The van der Waals surface area contributed by atoms with Gasteiger partial charge < -0.3 is 5.73 Å². The predicted octanol–water partition coefficient (Wildman–Crippen LogP) is 2.11. The van der Waals surface area contributed by atoms with Gasteiger partial charge >= 0.3 is 5.69 Å². The van der Waals surface area contributed by atoms with Crippen molar-refractivity contribution in [2.24, 2.45) is 5.73 Å². The van der Waals surface area contributed by atoms with Crippen LogP contribution in [0, 0.1) is 6.92 Å². The number of hydrogen-bond acceptors (Lipinski definition) is 4. The van der Waals surface area contributed by atoms with Crippen molar-refractivity contribution >= 4 is 11.8 Å². The van der Waals surface area contributed by atoms with Crippen LogP contribution in [0.15, 0.2) is 33.0 Å². The molecule has 6 heteroatoms. The largest absolute Gasteiger partial charge is 0.344 e. The van der Waals surface area contributed by atoms with E-state index in [-0.39, 0.29) is 11.7 Å². The highest BCUT2D eigenvalue weighted by atomic mass is 32.2. The molecule has 0 saturated carbocycles. The molecule has 0 radical (unpaired) electrons. The summed E-state index contributed by atoms with van der Waals surface area (Å²) in [4.78, 5) is 12.8. The second-order valence-corrected chi connectivity index (χ2v) is 6.02. The molecule has 0 unspecified atom stereocenters. The number of aromatic amines is 1. The van der Waals surface area contributed by atoms with Crippen molar-refractivity contribution in [1.29, 1.82) is 0 Å². The van der Waals surface area contributed by atoms with E-state index in [2.05, 4.69) is 35.3 Å². The van der Waals surface area contributed by atoms with Crippen molar-refractivity contribution < 1.29 is 0 Å². The third-order valence-electron chi connectivity index (χ3n) is 3.06. The maximum absolute atomic E-state index is 11.7. The molecule has 20 heavy (non-hydrogen) atoms. The van der Waals surface area contributed by atoms with Crippen LogP contribution >= 0.6 is 11.8 Å². The zero-order valence-electron chi connectivity index (χ0n) is 12.0. The van der Waals surface area contributed by atoms with E-state index in [0.717, 1.165) is 11.3 Å². The average Bonchev–Trinajstić information content (AvgIpc) is 2.74. The van der Waals surface area contributed by atoms with Crippen LogP contribution in [0.25, 0.3) is 0 Å². The fourth-order valence-electron chi connectivity index (χ4n) is 2.06. The SMILES string of the molecule is Cc1cc(CCN)ccc1Sc1n[nH]c(=O)n1C(C)C. The smallest absolute Gasteiger partial charge is 0.330 e. The molecule has 0 aliphatic heterocycles. The third kappa shape index (κ3) is 3.13. The van der Waals surface area contributed by atoms with Crippen molar-refractivity contribution in [2.75, 3.05) is 6.54 Å². The van der Waals surface area contributed by atoms with Gasteiger partial charge in [0.1, 0.15) is 0 Å². The Kier molecular flexibility index (Phi) is 4.67. The monoisotopic (exact) mass is 292 g/mol. The lowest BCUT2D eigenvalue weighted by molar-refractivity contribution is 0.534. The number of hydrogen-bond donors (Lipinski definition) is 2. The molecular formula is C14H20N4OS. The molecule has 2 aromatic rings. The number of nitrogens with zero attached hydrogens (tertiary/aromatic N) is 2. The Hall–Kier alpha value is -1.53. The van der Waals surface area contributed by atoms with E-state index in [1.807, 2.05) is 13.8 Å². The fraction of sp³-hybridized carbons (Fsp3) is 0.429. The second kappa shape index (κ2) is 6.28. The quantitative estimate of drug-likeness (QED) is 0.885. The number of nitrogens with one attached hydrogen (secondary N) is 1. The van der Waals surface area contributed by atoms with Crippen LogP contribution < -0.4 is 11.4 Å². The first-order chi connectivity index (χ1) is 9.52. The van der Waals surface area contributed by atoms with Crippen LogP contribution in [0.1, 0.15) is 31.0 Å². The van der Waals surface area contributed by atoms with Gasteiger partial charge in [-0.05, 0) is 62.7 Å². The van der Waals surface area contributed by atoms with Gasteiger partial charge in [-0.2, -0.15) is 0 Å². The van der Waals surface area contributed by atoms with Gasteiger partial charge in [0, 0.05) is 10.9 Å². The molecule has 0 saturated heterocycles. The summed E-state index contributed by atoms with van der Waals surface area (Å²) >= 11 is 1.51. The third-order valence-corrected chi connectivity index (χ3v) is 4.21. The second-order valence-electron chi connectivity index (χ2n) is 5.02.